The number of rotatable bonds is 6. The van der Waals surface area contributed by atoms with Gasteiger partial charge in [-0.1, -0.05) is 19.0 Å². The van der Waals surface area contributed by atoms with E-state index in [1.165, 1.54) is 12.1 Å². The minimum absolute atomic E-state index is 0.257. The van der Waals surface area contributed by atoms with Crippen LogP contribution in [0.1, 0.15) is 31.7 Å². The first-order valence-corrected chi connectivity index (χ1v) is 7.26. The van der Waals surface area contributed by atoms with Crippen molar-refractivity contribution in [3.8, 4) is 11.4 Å². The lowest BCUT2D eigenvalue weighted by Gasteiger charge is -2.15. The first kappa shape index (κ1) is 15.6. The summed E-state index contributed by atoms with van der Waals surface area (Å²) in [5.41, 5.74) is 1.60. The Hall–Kier alpha value is -1.75. The van der Waals surface area contributed by atoms with Crippen LogP contribution in [0.25, 0.3) is 11.4 Å². The van der Waals surface area contributed by atoms with Crippen LogP contribution in [0.3, 0.4) is 0 Å². The number of aryl methyl sites for hydroxylation is 1. The Morgan fingerprint density at radius 3 is 2.71 bits per heavy atom. The van der Waals surface area contributed by atoms with Gasteiger partial charge in [0, 0.05) is 18.0 Å². The second kappa shape index (κ2) is 6.80. The van der Waals surface area contributed by atoms with Gasteiger partial charge in [-0.2, -0.15) is 4.98 Å². The van der Waals surface area contributed by atoms with Crippen molar-refractivity contribution in [1.29, 1.82) is 0 Å². The Balaban J connectivity index is 2.14. The smallest absolute Gasteiger partial charge is 0.228 e. The Morgan fingerprint density at radius 1 is 1.33 bits per heavy atom. The highest BCUT2D eigenvalue weighted by molar-refractivity contribution is 5.59. The van der Waals surface area contributed by atoms with E-state index in [1.54, 1.807) is 6.07 Å². The minimum Gasteiger partial charge on any atom is -0.339 e. The van der Waals surface area contributed by atoms with Crippen LogP contribution in [0.4, 0.5) is 4.39 Å². The number of aromatic nitrogens is 2. The molecular formula is C16H22FN3O. The molecular weight excluding hydrogens is 269 g/mol. The second-order valence-corrected chi connectivity index (χ2v) is 5.79. The molecule has 1 heterocycles. The zero-order valence-corrected chi connectivity index (χ0v) is 13.0. The van der Waals surface area contributed by atoms with Crippen LogP contribution in [0, 0.1) is 18.7 Å². The second-order valence-electron chi connectivity index (χ2n) is 5.79. The number of hydrogen-bond acceptors (Lipinski definition) is 4. The summed E-state index contributed by atoms with van der Waals surface area (Å²) in [4.78, 5) is 4.43. The van der Waals surface area contributed by atoms with Crippen LogP contribution in [-0.4, -0.2) is 23.2 Å². The molecule has 1 aromatic heterocycles. The summed E-state index contributed by atoms with van der Waals surface area (Å²) in [5, 5.41) is 7.28. The lowest BCUT2D eigenvalue weighted by molar-refractivity contribution is 0.345. The number of nitrogens with one attached hydrogen (secondary N) is 1. The molecule has 5 heteroatoms. The summed E-state index contributed by atoms with van der Waals surface area (Å²) in [6.45, 7) is 6.21. The molecule has 1 unspecified atom stereocenters. The number of nitrogens with zero attached hydrogens (tertiary/aromatic N) is 2. The van der Waals surface area contributed by atoms with Gasteiger partial charge in [-0.3, -0.25) is 0 Å². The fourth-order valence-electron chi connectivity index (χ4n) is 2.41. The number of hydrogen-bond donors (Lipinski definition) is 1. The van der Waals surface area contributed by atoms with Crippen LogP contribution in [0.5, 0.6) is 0 Å². The normalized spacial score (nSPS) is 12.9. The van der Waals surface area contributed by atoms with E-state index < -0.39 is 0 Å². The molecule has 0 aliphatic rings. The monoisotopic (exact) mass is 291 g/mol. The van der Waals surface area contributed by atoms with E-state index in [-0.39, 0.29) is 5.82 Å². The molecule has 0 bridgehead atoms. The molecule has 1 N–H and O–H groups in total. The number of halogens is 1. The average Bonchev–Trinajstić information content (AvgIpc) is 2.85. The first-order chi connectivity index (χ1) is 9.99. The van der Waals surface area contributed by atoms with Crippen LogP contribution in [0.2, 0.25) is 0 Å². The van der Waals surface area contributed by atoms with Crippen LogP contribution < -0.4 is 5.32 Å². The maximum absolute atomic E-state index is 13.1. The van der Waals surface area contributed by atoms with E-state index in [2.05, 4.69) is 29.3 Å². The van der Waals surface area contributed by atoms with Gasteiger partial charge in [-0.25, -0.2) is 4.39 Å². The largest absolute Gasteiger partial charge is 0.339 e. The van der Waals surface area contributed by atoms with Crippen molar-refractivity contribution in [1.82, 2.24) is 15.5 Å². The SMILES string of the molecule is CNC(Cc1nc(-c2ccc(F)cc2C)no1)CC(C)C. The van der Waals surface area contributed by atoms with E-state index in [4.69, 9.17) is 4.52 Å². The molecule has 1 aromatic carbocycles. The van der Waals surface area contributed by atoms with Gasteiger partial charge in [0.15, 0.2) is 0 Å². The summed E-state index contributed by atoms with van der Waals surface area (Å²) >= 11 is 0. The van der Waals surface area contributed by atoms with Crippen molar-refractivity contribution in [3.05, 3.63) is 35.5 Å². The first-order valence-electron chi connectivity index (χ1n) is 7.26. The van der Waals surface area contributed by atoms with Crippen molar-refractivity contribution in [2.24, 2.45) is 5.92 Å². The molecule has 0 aliphatic heterocycles. The van der Waals surface area contributed by atoms with Gasteiger partial charge in [-0.05, 0) is 50.1 Å². The molecule has 0 saturated heterocycles. The predicted octanol–water partition coefficient (Wildman–Crippen LogP) is 3.36. The molecule has 4 nitrogen and oxygen atoms in total. The van der Waals surface area contributed by atoms with E-state index >= 15 is 0 Å². The van der Waals surface area contributed by atoms with Crippen molar-refractivity contribution in [3.63, 3.8) is 0 Å². The van der Waals surface area contributed by atoms with Crippen LogP contribution in [0.15, 0.2) is 22.7 Å². The molecule has 0 radical (unpaired) electrons. The Bertz CT molecular complexity index is 595. The van der Waals surface area contributed by atoms with Crippen molar-refractivity contribution in [2.75, 3.05) is 7.05 Å². The van der Waals surface area contributed by atoms with E-state index in [9.17, 15) is 4.39 Å². The summed E-state index contributed by atoms with van der Waals surface area (Å²) in [6.07, 6.45) is 1.74. The van der Waals surface area contributed by atoms with Gasteiger partial charge in [0.05, 0.1) is 0 Å². The average molecular weight is 291 g/mol. The highest BCUT2D eigenvalue weighted by Crippen LogP contribution is 2.21. The number of benzene rings is 1. The highest BCUT2D eigenvalue weighted by Gasteiger charge is 2.16. The molecule has 1 atom stereocenters. The van der Waals surface area contributed by atoms with Gasteiger partial charge < -0.3 is 9.84 Å². The maximum Gasteiger partial charge on any atom is 0.228 e. The van der Waals surface area contributed by atoms with Crippen LogP contribution in [-0.2, 0) is 6.42 Å². The summed E-state index contributed by atoms with van der Waals surface area (Å²) in [5.74, 6) is 1.46. The molecule has 114 valence electrons. The lowest BCUT2D eigenvalue weighted by Crippen LogP contribution is -2.29. The fourth-order valence-corrected chi connectivity index (χ4v) is 2.41. The fraction of sp³-hybridized carbons (Fsp3) is 0.500. The zero-order valence-electron chi connectivity index (χ0n) is 13.0. The van der Waals surface area contributed by atoms with Gasteiger partial charge in [-0.15, -0.1) is 0 Å². The van der Waals surface area contributed by atoms with Gasteiger partial charge in [0.1, 0.15) is 5.82 Å². The Labute approximate surface area is 124 Å². The topological polar surface area (TPSA) is 51.0 Å². The standard InChI is InChI=1S/C16H22FN3O/c1-10(2)7-13(18-4)9-15-19-16(20-21-15)14-6-5-12(17)8-11(14)3/h5-6,8,10,13,18H,7,9H2,1-4H3. The van der Waals surface area contributed by atoms with Gasteiger partial charge in [0.2, 0.25) is 11.7 Å². The van der Waals surface area contributed by atoms with E-state index in [0.717, 1.165) is 17.5 Å². The molecule has 21 heavy (non-hydrogen) atoms. The molecule has 0 aliphatic carbocycles. The summed E-state index contributed by atoms with van der Waals surface area (Å²) in [6, 6.07) is 4.88. The maximum atomic E-state index is 13.1. The predicted molar refractivity (Wildman–Crippen MR) is 80.4 cm³/mol. The molecule has 0 saturated carbocycles. The van der Waals surface area contributed by atoms with Crippen molar-refractivity contribution >= 4 is 0 Å². The third-order valence-corrected chi connectivity index (χ3v) is 3.48. The number of likely N-dealkylation sites (N-methyl/N-ethyl adjacent to an activating group) is 1. The lowest BCUT2D eigenvalue weighted by atomic mass is 10.0. The van der Waals surface area contributed by atoms with E-state index in [1.807, 2.05) is 14.0 Å². The summed E-state index contributed by atoms with van der Waals surface area (Å²) in [7, 11) is 1.94. The Kier molecular flexibility index (Phi) is 5.07. The molecule has 0 fully saturated rings. The molecule has 0 spiro atoms. The van der Waals surface area contributed by atoms with Gasteiger partial charge >= 0.3 is 0 Å². The van der Waals surface area contributed by atoms with Crippen molar-refractivity contribution in [2.45, 2.75) is 39.7 Å². The third-order valence-electron chi connectivity index (χ3n) is 3.48. The van der Waals surface area contributed by atoms with Crippen LogP contribution >= 0.6 is 0 Å². The minimum atomic E-state index is -0.257. The molecule has 2 aromatic rings. The zero-order chi connectivity index (χ0) is 15.4. The van der Waals surface area contributed by atoms with Crippen molar-refractivity contribution < 1.29 is 8.91 Å². The summed E-state index contributed by atoms with van der Waals surface area (Å²) < 4.78 is 18.5. The quantitative estimate of drug-likeness (QED) is 0.886. The highest BCUT2D eigenvalue weighted by atomic mass is 19.1. The Morgan fingerprint density at radius 2 is 2.10 bits per heavy atom. The molecule has 2 rings (SSSR count). The van der Waals surface area contributed by atoms with Gasteiger partial charge in [0.25, 0.3) is 0 Å². The molecule has 0 amide bonds. The van der Waals surface area contributed by atoms with E-state index in [0.29, 0.717) is 30.1 Å². The third kappa shape index (κ3) is 4.11.